The number of methoxy groups -OCH3 is 1. The lowest BCUT2D eigenvalue weighted by Crippen LogP contribution is -2.40. The minimum absolute atomic E-state index is 0.135. The average molecular weight is 460 g/mol. The van der Waals surface area contributed by atoms with Crippen molar-refractivity contribution in [3.8, 4) is 5.75 Å². The zero-order valence-electron chi connectivity index (χ0n) is 20.4. The Labute approximate surface area is 204 Å². The predicted octanol–water partition coefficient (Wildman–Crippen LogP) is 4.75. The third kappa shape index (κ3) is 4.64. The summed E-state index contributed by atoms with van der Waals surface area (Å²) in [5, 5.41) is 0. The molecule has 3 unspecified atom stereocenters. The van der Waals surface area contributed by atoms with Gasteiger partial charge in [-0.3, -0.25) is 14.6 Å². The summed E-state index contributed by atoms with van der Waals surface area (Å²) in [5.41, 5.74) is 3.27. The SMILES string of the molecule is C=CCN1C2CCC1CN(C(c1ccc(C(=O)N3CCCC3)cc1)c1cccc(OC)c1)CC2. The van der Waals surface area contributed by atoms with Crippen molar-refractivity contribution in [2.75, 3.05) is 39.8 Å². The number of likely N-dealkylation sites (tertiary alicyclic amines) is 2. The molecule has 0 aromatic heterocycles. The minimum atomic E-state index is 0.135. The van der Waals surface area contributed by atoms with Gasteiger partial charge in [0.1, 0.15) is 5.75 Å². The van der Waals surface area contributed by atoms with E-state index in [-0.39, 0.29) is 11.9 Å². The van der Waals surface area contributed by atoms with Crippen LogP contribution in [0.4, 0.5) is 0 Å². The highest BCUT2D eigenvalue weighted by Gasteiger charge is 2.38. The summed E-state index contributed by atoms with van der Waals surface area (Å²) in [6, 6.07) is 18.2. The maximum atomic E-state index is 12.9. The Morgan fingerprint density at radius 1 is 1.03 bits per heavy atom. The maximum absolute atomic E-state index is 12.9. The van der Waals surface area contributed by atoms with Crippen LogP contribution < -0.4 is 4.74 Å². The van der Waals surface area contributed by atoms with Gasteiger partial charge in [0, 0.05) is 50.4 Å². The highest BCUT2D eigenvalue weighted by atomic mass is 16.5. The van der Waals surface area contributed by atoms with Crippen LogP contribution in [0.25, 0.3) is 0 Å². The van der Waals surface area contributed by atoms with Crippen molar-refractivity contribution in [2.24, 2.45) is 0 Å². The monoisotopic (exact) mass is 459 g/mol. The summed E-state index contributed by atoms with van der Waals surface area (Å²) < 4.78 is 5.57. The van der Waals surface area contributed by atoms with Gasteiger partial charge in [-0.05, 0) is 67.5 Å². The molecule has 5 nitrogen and oxygen atoms in total. The zero-order chi connectivity index (χ0) is 23.5. The van der Waals surface area contributed by atoms with Gasteiger partial charge < -0.3 is 9.64 Å². The number of hydrogen-bond acceptors (Lipinski definition) is 4. The lowest BCUT2D eigenvalue weighted by Gasteiger charge is -2.34. The quantitative estimate of drug-likeness (QED) is 0.560. The van der Waals surface area contributed by atoms with Crippen molar-refractivity contribution in [1.29, 1.82) is 0 Å². The van der Waals surface area contributed by atoms with E-state index in [1.165, 1.54) is 30.4 Å². The van der Waals surface area contributed by atoms with Crippen LogP contribution in [0.1, 0.15) is 59.6 Å². The first-order chi connectivity index (χ1) is 16.7. The molecule has 3 fully saturated rings. The van der Waals surface area contributed by atoms with Gasteiger partial charge in [-0.1, -0.05) is 30.3 Å². The Morgan fingerprint density at radius 2 is 1.79 bits per heavy atom. The molecule has 180 valence electrons. The lowest BCUT2D eigenvalue weighted by atomic mass is 9.94. The molecule has 3 aliphatic heterocycles. The van der Waals surface area contributed by atoms with Crippen molar-refractivity contribution in [2.45, 2.75) is 50.2 Å². The summed E-state index contributed by atoms with van der Waals surface area (Å²) in [4.78, 5) is 20.2. The number of ether oxygens (including phenoxy) is 1. The second kappa shape index (κ2) is 10.3. The van der Waals surface area contributed by atoms with E-state index in [0.29, 0.717) is 12.1 Å². The van der Waals surface area contributed by atoms with Gasteiger partial charge in [-0.25, -0.2) is 0 Å². The number of fused-ring (bicyclic) bond motifs is 2. The number of carbonyl (C=O) groups excluding carboxylic acids is 1. The van der Waals surface area contributed by atoms with E-state index in [4.69, 9.17) is 4.74 Å². The first kappa shape index (κ1) is 23.1. The molecule has 3 atom stereocenters. The van der Waals surface area contributed by atoms with Crippen molar-refractivity contribution < 1.29 is 9.53 Å². The van der Waals surface area contributed by atoms with E-state index in [9.17, 15) is 4.79 Å². The smallest absolute Gasteiger partial charge is 0.253 e. The standard InChI is InChI=1S/C29H37N3O2/c1-3-16-32-25-13-14-26(32)21-31(19-15-25)28(24-7-6-8-27(20-24)34-2)22-9-11-23(12-10-22)29(33)30-17-4-5-18-30/h3,6-12,20,25-26,28H,1,4-5,13-19,21H2,2H3. The predicted molar refractivity (Wildman–Crippen MR) is 136 cm³/mol. The molecule has 34 heavy (non-hydrogen) atoms. The summed E-state index contributed by atoms with van der Waals surface area (Å²) in [6.07, 6.45) is 8.00. The second-order valence-electron chi connectivity index (χ2n) is 9.95. The third-order valence-corrected chi connectivity index (χ3v) is 7.95. The van der Waals surface area contributed by atoms with Crippen LogP contribution in [0.3, 0.4) is 0 Å². The second-order valence-corrected chi connectivity index (χ2v) is 9.95. The number of amides is 1. The number of benzene rings is 2. The Bertz CT molecular complexity index is 999. The molecule has 0 saturated carbocycles. The molecule has 3 heterocycles. The molecule has 5 rings (SSSR count). The Hall–Kier alpha value is -2.63. The van der Waals surface area contributed by atoms with Gasteiger partial charge in [-0.2, -0.15) is 0 Å². The van der Waals surface area contributed by atoms with E-state index >= 15 is 0 Å². The molecule has 1 amide bonds. The summed E-state index contributed by atoms with van der Waals surface area (Å²) >= 11 is 0. The summed E-state index contributed by atoms with van der Waals surface area (Å²) in [7, 11) is 1.73. The Kier molecular flexibility index (Phi) is 7.02. The van der Waals surface area contributed by atoms with Crippen molar-refractivity contribution >= 4 is 5.91 Å². The van der Waals surface area contributed by atoms with Crippen LogP contribution in [0, 0.1) is 0 Å². The Balaban J connectivity index is 1.45. The molecule has 3 aliphatic rings. The highest BCUT2D eigenvalue weighted by Crippen LogP contribution is 2.37. The number of nitrogens with zero attached hydrogens (tertiary/aromatic N) is 3. The van der Waals surface area contributed by atoms with E-state index < -0.39 is 0 Å². The van der Waals surface area contributed by atoms with E-state index in [0.717, 1.165) is 56.9 Å². The lowest BCUT2D eigenvalue weighted by molar-refractivity contribution is 0.0793. The molecule has 2 aromatic carbocycles. The minimum Gasteiger partial charge on any atom is -0.497 e. The van der Waals surface area contributed by atoms with Crippen molar-refractivity contribution in [3.63, 3.8) is 0 Å². The largest absolute Gasteiger partial charge is 0.497 e. The molecule has 0 radical (unpaired) electrons. The maximum Gasteiger partial charge on any atom is 0.253 e. The molecule has 2 bridgehead atoms. The van der Waals surface area contributed by atoms with Crippen LogP contribution in [0.15, 0.2) is 61.2 Å². The molecule has 2 aromatic rings. The molecular formula is C29H37N3O2. The molecule has 5 heteroatoms. The summed E-state index contributed by atoms with van der Waals surface area (Å²) in [5.74, 6) is 1.04. The normalized spacial score (nSPS) is 24.1. The van der Waals surface area contributed by atoms with Crippen molar-refractivity contribution in [3.05, 3.63) is 77.9 Å². The van der Waals surface area contributed by atoms with Gasteiger partial charge in [-0.15, -0.1) is 6.58 Å². The van der Waals surface area contributed by atoms with Gasteiger partial charge >= 0.3 is 0 Å². The van der Waals surface area contributed by atoms with Crippen molar-refractivity contribution in [1.82, 2.24) is 14.7 Å². The highest BCUT2D eigenvalue weighted by molar-refractivity contribution is 5.94. The molecule has 0 N–H and O–H groups in total. The number of hydrogen-bond donors (Lipinski definition) is 0. The Morgan fingerprint density at radius 3 is 2.53 bits per heavy atom. The van der Waals surface area contributed by atoms with Crippen LogP contribution >= 0.6 is 0 Å². The number of rotatable bonds is 7. The van der Waals surface area contributed by atoms with E-state index in [1.54, 1.807) is 7.11 Å². The molecular weight excluding hydrogens is 422 g/mol. The van der Waals surface area contributed by atoms with Crippen LogP contribution in [0.2, 0.25) is 0 Å². The number of carbonyl (C=O) groups is 1. The average Bonchev–Trinajstić information content (AvgIpc) is 3.49. The van der Waals surface area contributed by atoms with Gasteiger partial charge in [0.15, 0.2) is 0 Å². The summed E-state index contributed by atoms with van der Waals surface area (Å²) in [6.45, 7) is 8.84. The fourth-order valence-corrected chi connectivity index (χ4v) is 6.22. The molecule has 3 saturated heterocycles. The van der Waals surface area contributed by atoms with Crippen LogP contribution in [0.5, 0.6) is 5.75 Å². The van der Waals surface area contributed by atoms with Crippen LogP contribution in [-0.2, 0) is 0 Å². The third-order valence-electron chi connectivity index (χ3n) is 7.95. The van der Waals surface area contributed by atoms with Gasteiger partial charge in [0.25, 0.3) is 5.91 Å². The van der Waals surface area contributed by atoms with E-state index in [1.807, 2.05) is 23.1 Å². The van der Waals surface area contributed by atoms with E-state index in [2.05, 4.69) is 52.8 Å². The zero-order valence-corrected chi connectivity index (χ0v) is 20.4. The van der Waals surface area contributed by atoms with Gasteiger partial charge in [0.05, 0.1) is 13.2 Å². The topological polar surface area (TPSA) is 36.0 Å². The fourth-order valence-electron chi connectivity index (χ4n) is 6.22. The molecule has 0 aliphatic carbocycles. The fraction of sp³-hybridized carbons (Fsp3) is 0.483. The van der Waals surface area contributed by atoms with Gasteiger partial charge in [0.2, 0.25) is 0 Å². The molecule has 0 spiro atoms. The van der Waals surface area contributed by atoms with Crippen LogP contribution in [-0.4, -0.2) is 72.5 Å². The first-order valence-corrected chi connectivity index (χ1v) is 12.8. The first-order valence-electron chi connectivity index (χ1n) is 12.8.